The molecule has 0 aliphatic heterocycles. The first-order valence-corrected chi connectivity index (χ1v) is 8.85. The van der Waals surface area contributed by atoms with E-state index in [2.05, 4.69) is 22.1 Å². The van der Waals surface area contributed by atoms with Crippen LogP contribution in [0.3, 0.4) is 0 Å². The van der Waals surface area contributed by atoms with Crippen LogP contribution in [-0.4, -0.2) is 37.5 Å². The predicted octanol–water partition coefficient (Wildman–Crippen LogP) is 3.27. The summed E-state index contributed by atoms with van der Waals surface area (Å²) >= 11 is 1.36. The van der Waals surface area contributed by atoms with Crippen molar-refractivity contribution in [2.24, 2.45) is 5.10 Å². The van der Waals surface area contributed by atoms with E-state index in [1.54, 1.807) is 31.7 Å². The van der Waals surface area contributed by atoms with Gasteiger partial charge >= 0.3 is 5.97 Å². The van der Waals surface area contributed by atoms with Crippen LogP contribution in [0.1, 0.15) is 18.2 Å². The van der Waals surface area contributed by atoms with Gasteiger partial charge < -0.3 is 14.2 Å². The molecular formula is C18H21N3O4S. The third-order valence-electron chi connectivity index (χ3n) is 3.12. The van der Waals surface area contributed by atoms with Gasteiger partial charge in [-0.2, -0.15) is 5.10 Å². The number of nitrogens with one attached hydrogen (secondary N) is 1. The van der Waals surface area contributed by atoms with E-state index >= 15 is 0 Å². The predicted molar refractivity (Wildman–Crippen MR) is 102 cm³/mol. The summed E-state index contributed by atoms with van der Waals surface area (Å²) in [6.45, 7) is 6.13. The van der Waals surface area contributed by atoms with Crippen LogP contribution in [-0.2, 0) is 16.0 Å². The van der Waals surface area contributed by atoms with Gasteiger partial charge in [-0.3, -0.25) is 10.2 Å². The van der Waals surface area contributed by atoms with Crippen molar-refractivity contribution in [3.05, 3.63) is 47.5 Å². The number of hydrazone groups is 1. The Balaban J connectivity index is 2.03. The summed E-state index contributed by atoms with van der Waals surface area (Å²) in [5, 5.41) is 6.55. The summed E-state index contributed by atoms with van der Waals surface area (Å²) in [4.78, 5) is 15.8. The molecule has 1 heterocycles. The molecule has 8 heteroatoms. The Morgan fingerprint density at radius 2 is 2.31 bits per heavy atom. The smallest absolute Gasteiger partial charge is 0.311 e. The number of carbonyl (C=O) groups is 1. The first-order chi connectivity index (χ1) is 12.7. The normalized spacial score (nSPS) is 10.5. The van der Waals surface area contributed by atoms with E-state index in [0.29, 0.717) is 35.5 Å². The monoisotopic (exact) mass is 375 g/mol. The van der Waals surface area contributed by atoms with Crippen LogP contribution in [0, 0.1) is 0 Å². The molecule has 0 saturated carbocycles. The van der Waals surface area contributed by atoms with Gasteiger partial charge in [-0.05, 0) is 19.1 Å². The van der Waals surface area contributed by atoms with Gasteiger partial charge in [0.05, 0.1) is 32.0 Å². The summed E-state index contributed by atoms with van der Waals surface area (Å²) in [6, 6.07) is 5.52. The van der Waals surface area contributed by atoms with E-state index in [-0.39, 0.29) is 12.4 Å². The average Bonchev–Trinajstić information content (AvgIpc) is 3.07. The lowest BCUT2D eigenvalue weighted by Gasteiger charge is -2.11. The Bertz CT molecular complexity index is 774. The second-order valence-corrected chi connectivity index (χ2v) is 5.83. The molecule has 2 rings (SSSR count). The Kier molecular flexibility index (Phi) is 7.63. The molecule has 0 spiro atoms. The van der Waals surface area contributed by atoms with Crippen LogP contribution in [0.5, 0.6) is 11.5 Å². The van der Waals surface area contributed by atoms with Gasteiger partial charge in [-0.25, -0.2) is 4.98 Å². The maximum atomic E-state index is 11.5. The number of nitrogens with zero attached hydrogens (tertiary/aromatic N) is 2. The molecule has 1 aromatic carbocycles. The zero-order valence-corrected chi connectivity index (χ0v) is 15.5. The van der Waals surface area contributed by atoms with Crippen LogP contribution >= 0.6 is 11.3 Å². The van der Waals surface area contributed by atoms with Crippen molar-refractivity contribution in [1.29, 1.82) is 0 Å². The lowest BCUT2D eigenvalue weighted by Crippen LogP contribution is -2.07. The van der Waals surface area contributed by atoms with E-state index in [4.69, 9.17) is 14.2 Å². The first kappa shape index (κ1) is 19.5. The first-order valence-electron chi connectivity index (χ1n) is 7.97. The van der Waals surface area contributed by atoms with Crippen molar-refractivity contribution in [3.63, 3.8) is 0 Å². The van der Waals surface area contributed by atoms with Crippen molar-refractivity contribution in [2.75, 3.05) is 25.7 Å². The second kappa shape index (κ2) is 10.2. The minimum atomic E-state index is -0.298. The van der Waals surface area contributed by atoms with Crippen molar-refractivity contribution < 1.29 is 19.0 Å². The molecule has 0 bridgehead atoms. The van der Waals surface area contributed by atoms with Gasteiger partial charge in [-0.15, -0.1) is 11.3 Å². The van der Waals surface area contributed by atoms with E-state index in [1.165, 1.54) is 11.3 Å². The number of thiazole rings is 1. The Labute approximate surface area is 156 Å². The van der Waals surface area contributed by atoms with Gasteiger partial charge in [0, 0.05) is 10.9 Å². The minimum absolute atomic E-state index is 0.144. The summed E-state index contributed by atoms with van der Waals surface area (Å²) in [5.41, 5.74) is 4.24. The number of aromatic nitrogens is 1. The minimum Gasteiger partial charge on any atom is -0.493 e. The second-order valence-electron chi connectivity index (χ2n) is 4.97. The molecule has 138 valence electrons. The van der Waals surface area contributed by atoms with Crippen LogP contribution < -0.4 is 14.9 Å². The fourth-order valence-corrected chi connectivity index (χ4v) is 2.71. The molecule has 0 aliphatic carbocycles. The third-order valence-corrected chi connectivity index (χ3v) is 3.92. The molecule has 1 aromatic heterocycles. The van der Waals surface area contributed by atoms with Crippen LogP contribution in [0.2, 0.25) is 0 Å². The topological polar surface area (TPSA) is 82.0 Å². The summed E-state index contributed by atoms with van der Waals surface area (Å²) in [7, 11) is 1.58. The van der Waals surface area contributed by atoms with E-state index < -0.39 is 0 Å². The number of para-hydroxylation sites is 1. The van der Waals surface area contributed by atoms with Crippen LogP contribution in [0.15, 0.2) is 41.3 Å². The summed E-state index contributed by atoms with van der Waals surface area (Å²) in [5.74, 6) is 0.901. The van der Waals surface area contributed by atoms with Crippen molar-refractivity contribution >= 4 is 28.7 Å². The number of anilines is 1. The molecular weight excluding hydrogens is 354 g/mol. The maximum absolute atomic E-state index is 11.5. The number of methoxy groups -OCH3 is 1. The quantitative estimate of drug-likeness (QED) is 0.297. The average molecular weight is 375 g/mol. The fraction of sp³-hybridized carbons (Fsp3) is 0.278. The lowest BCUT2D eigenvalue weighted by molar-refractivity contribution is -0.142. The molecule has 0 fully saturated rings. The maximum Gasteiger partial charge on any atom is 0.311 e. The molecule has 26 heavy (non-hydrogen) atoms. The number of carbonyl (C=O) groups excluding carboxylic acids is 1. The van der Waals surface area contributed by atoms with E-state index in [1.807, 2.05) is 18.2 Å². The highest BCUT2D eigenvalue weighted by molar-refractivity contribution is 7.13. The highest BCUT2D eigenvalue weighted by atomic mass is 32.1. The molecule has 0 aliphatic rings. The molecule has 0 atom stereocenters. The summed E-state index contributed by atoms with van der Waals surface area (Å²) < 4.78 is 15.9. The fourth-order valence-electron chi connectivity index (χ4n) is 2.05. The van der Waals surface area contributed by atoms with Gasteiger partial charge in [0.25, 0.3) is 0 Å². The lowest BCUT2D eigenvalue weighted by atomic mass is 10.2. The molecule has 0 amide bonds. The largest absolute Gasteiger partial charge is 0.493 e. The molecule has 7 nitrogen and oxygen atoms in total. The highest BCUT2D eigenvalue weighted by Crippen LogP contribution is 2.30. The van der Waals surface area contributed by atoms with Crippen molar-refractivity contribution in [3.8, 4) is 11.5 Å². The molecule has 0 unspecified atom stereocenters. The Hall–Kier alpha value is -2.87. The molecule has 0 radical (unpaired) electrons. The number of ether oxygens (including phenoxy) is 3. The van der Waals surface area contributed by atoms with Gasteiger partial charge in [-0.1, -0.05) is 18.7 Å². The number of hydrogen-bond donors (Lipinski definition) is 1. The zero-order chi connectivity index (χ0) is 18.8. The number of hydrogen-bond acceptors (Lipinski definition) is 8. The van der Waals surface area contributed by atoms with E-state index in [0.717, 1.165) is 5.56 Å². The highest BCUT2D eigenvalue weighted by Gasteiger charge is 2.10. The Morgan fingerprint density at radius 1 is 1.46 bits per heavy atom. The van der Waals surface area contributed by atoms with Gasteiger partial charge in [0.15, 0.2) is 11.5 Å². The number of benzene rings is 1. The Morgan fingerprint density at radius 3 is 3.04 bits per heavy atom. The molecule has 0 saturated heterocycles. The molecule has 2 aromatic rings. The van der Waals surface area contributed by atoms with Crippen molar-refractivity contribution in [1.82, 2.24) is 4.98 Å². The van der Waals surface area contributed by atoms with Crippen LogP contribution in [0.25, 0.3) is 0 Å². The summed E-state index contributed by atoms with van der Waals surface area (Å²) in [6.07, 6.45) is 3.42. The standard InChI is InChI=1S/C18H21N3O4S/c1-4-9-25-17-13(7-6-8-15(17)23-3)11-19-21-18-20-14(12-26-18)10-16(22)24-5-2/h4,6-8,11-12H,1,5,9-10H2,2-3H3,(H,20,21). The van der Waals surface area contributed by atoms with Gasteiger partial charge in [0.1, 0.15) is 6.61 Å². The van der Waals surface area contributed by atoms with Gasteiger partial charge in [0.2, 0.25) is 5.13 Å². The SMILES string of the molecule is C=CCOc1c(C=NNc2nc(CC(=O)OCC)cs2)cccc1OC. The zero-order valence-electron chi connectivity index (χ0n) is 14.7. The van der Waals surface area contributed by atoms with Crippen LogP contribution in [0.4, 0.5) is 5.13 Å². The molecule has 1 N–H and O–H groups in total. The van der Waals surface area contributed by atoms with Crippen molar-refractivity contribution in [2.45, 2.75) is 13.3 Å². The third kappa shape index (κ3) is 5.59. The number of esters is 1. The number of rotatable bonds is 10. The van der Waals surface area contributed by atoms with E-state index in [9.17, 15) is 4.79 Å².